The number of hydrogen-bond donors (Lipinski definition) is 2. The molecular weight excluding hydrogens is 272 g/mol. The van der Waals surface area contributed by atoms with Crippen LogP contribution in [0.25, 0.3) is 0 Å². The van der Waals surface area contributed by atoms with Crippen LogP contribution in [0.5, 0.6) is 0 Å². The van der Waals surface area contributed by atoms with Crippen LogP contribution in [0.3, 0.4) is 0 Å². The predicted molar refractivity (Wildman–Crippen MR) is 67.0 cm³/mol. The molecule has 0 amide bonds. The van der Waals surface area contributed by atoms with Gasteiger partial charge in [0.1, 0.15) is 6.61 Å². The molecule has 0 saturated heterocycles. The smallest absolute Gasteiger partial charge is 0.282 e. The van der Waals surface area contributed by atoms with Gasteiger partial charge in [0.2, 0.25) is 17.6 Å². The number of carbonyl (C=O) groups is 2. The van der Waals surface area contributed by atoms with Gasteiger partial charge in [-0.05, 0) is 12.1 Å². The number of ketones is 1. The minimum absolute atomic E-state index is 0.184. The van der Waals surface area contributed by atoms with Gasteiger partial charge in [0.15, 0.2) is 0 Å². The summed E-state index contributed by atoms with van der Waals surface area (Å²) < 4.78 is 0.768. The predicted octanol–water partition coefficient (Wildman–Crippen LogP) is 0.377. The molecule has 98 valence electrons. The van der Waals surface area contributed by atoms with Crippen LogP contribution in [0.15, 0.2) is 24.3 Å². The summed E-state index contributed by atoms with van der Waals surface area (Å²) in [6, 6.07) is 6.34. The molecular formula is C11H9ClN4O3. The Kier molecular flexibility index (Phi) is 3.59. The summed E-state index contributed by atoms with van der Waals surface area (Å²) in [5.74, 6) is -1.90. The second-order valence-corrected chi connectivity index (χ2v) is 3.98. The molecule has 0 fully saturated rings. The van der Waals surface area contributed by atoms with Crippen molar-refractivity contribution in [2.75, 3.05) is 12.3 Å². The van der Waals surface area contributed by atoms with E-state index < -0.39 is 18.3 Å². The fourth-order valence-corrected chi connectivity index (χ4v) is 1.63. The third kappa shape index (κ3) is 2.47. The fourth-order valence-electron chi connectivity index (χ4n) is 1.41. The summed E-state index contributed by atoms with van der Waals surface area (Å²) in [7, 11) is 0. The monoisotopic (exact) mass is 280 g/mol. The number of halogens is 1. The van der Waals surface area contributed by atoms with E-state index in [0.29, 0.717) is 0 Å². The highest BCUT2D eigenvalue weighted by atomic mass is 35.5. The molecule has 0 saturated carbocycles. The lowest BCUT2D eigenvalue weighted by atomic mass is 10.2. The summed E-state index contributed by atoms with van der Waals surface area (Å²) in [4.78, 5) is 27.0. The Balaban J connectivity index is 2.43. The van der Waals surface area contributed by atoms with Gasteiger partial charge in [0.25, 0.3) is 5.91 Å². The number of anilines is 1. The van der Waals surface area contributed by atoms with Crippen LogP contribution in [0.2, 0.25) is 5.02 Å². The SMILES string of the molecule is Nc1nc(C(=O)CO)nn1C(=O)c1ccccc1Cl. The zero-order chi connectivity index (χ0) is 14.0. The number of nitrogens with zero attached hydrogens (tertiary/aromatic N) is 3. The Hall–Kier alpha value is -2.25. The summed E-state index contributed by atoms with van der Waals surface area (Å²) in [5, 5.41) is 12.6. The molecule has 0 spiro atoms. The third-order valence-corrected chi connectivity index (χ3v) is 2.65. The van der Waals surface area contributed by atoms with Crippen LogP contribution in [0, 0.1) is 0 Å². The second-order valence-electron chi connectivity index (χ2n) is 3.57. The quantitative estimate of drug-likeness (QED) is 0.786. The number of Topliss-reactive ketones (excluding diaryl/α,β-unsaturated/α-hetero) is 1. The Bertz CT molecular complexity index is 653. The van der Waals surface area contributed by atoms with Crippen LogP contribution >= 0.6 is 11.6 Å². The lowest BCUT2D eigenvalue weighted by Gasteiger charge is -2.03. The van der Waals surface area contributed by atoms with E-state index in [4.69, 9.17) is 22.4 Å². The van der Waals surface area contributed by atoms with Crippen molar-refractivity contribution < 1.29 is 14.7 Å². The Morgan fingerprint density at radius 1 is 1.37 bits per heavy atom. The van der Waals surface area contributed by atoms with Gasteiger partial charge in [-0.15, -0.1) is 5.10 Å². The van der Waals surface area contributed by atoms with Gasteiger partial charge in [-0.1, -0.05) is 23.7 Å². The van der Waals surface area contributed by atoms with E-state index in [1.807, 2.05) is 0 Å². The number of rotatable bonds is 3. The Morgan fingerprint density at radius 3 is 2.68 bits per heavy atom. The van der Waals surface area contributed by atoms with E-state index in [0.717, 1.165) is 4.68 Å². The van der Waals surface area contributed by atoms with Crippen LogP contribution in [0.1, 0.15) is 21.0 Å². The number of benzene rings is 1. The van der Waals surface area contributed by atoms with Crippen molar-refractivity contribution >= 4 is 29.2 Å². The van der Waals surface area contributed by atoms with Gasteiger partial charge in [-0.2, -0.15) is 9.67 Å². The molecule has 0 aliphatic rings. The van der Waals surface area contributed by atoms with Crippen molar-refractivity contribution in [1.82, 2.24) is 14.8 Å². The molecule has 0 radical (unpaired) electrons. The van der Waals surface area contributed by atoms with Crippen LogP contribution in [0.4, 0.5) is 5.95 Å². The van der Waals surface area contributed by atoms with Crippen molar-refractivity contribution in [1.29, 1.82) is 0 Å². The van der Waals surface area contributed by atoms with Crippen LogP contribution < -0.4 is 5.73 Å². The number of nitrogen functional groups attached to an aromatic ring is 1. The van der Waals surface area contributed by atoms with E-state index >= 15 is 0 Å². The molecule has 1 aromatic heterocycles. The molecule has 0 aliphatic heterocycles. The van der Waals surface area contributed by atoms with Crippen molar-refractivity contribution in [3.8, 4) is 0 Å². The maximum atomic E-state index is 12.1. The maximum Gasteiger partial charge on any atom is 0.282 e. The van der Waals surface area contributed by atoms with Crippen LogP contribution in [-0.2, 0) is 0 Å². The Labute approximate surface area is 112 Å². The average Bonchev–Trinajstić information content (AvgIpc) is 2.80. The molecule has 1 heterocycles. The van der Waals surface area contributed by atoms with Gasteiger partial charge >= 0.3 is 0 Å². The molecule has 3 N–H and O–H groups in total. The standard InChI is InChI=1S/C11H9ClN4O3/c12-7-4-2-1-3-6(7)10(19)16-11(13)14-9(15-16)8(18)5-17/h1-4,17H,5H2,(H2,13,14,15). The molecule has 2 aromatic rings. The van der Waals surface area contributed by atoms with E-state index in [1.165, 1.54) is 6.07 Å². The summed E-state index contributed by atoms with van der Waals surface area (Å²) in [5.41, 5.74) is 5.70. The van der Waals surface area contributed by atoms with Crippen LogP contribution in [-0.4, -0.2) is 38.2 Å². The number of carbonyl (C=O) groups excluding carboxylic acids is 2. The number of nitrogens with two attached hydrogens (primary N) is 1. The first-order valence-corrected chi connectivity index (χ1v) is 5.58. The van der Waals surface area contributed by atoms with Crippen molar-refractivity contribution in [3.63, 3.8) is 0 Å². The first kappa shape index (κ1) is 13.2. The fraction of sp³-hybridized carbons (Fsp3) is 0.0909. The van der Waals surface area contributed by atoms with E-state index in [1.54, 1.807) is 18.2 Å². The summed E-state index contributed by atoms with van der Waals surface area (Å²) >= 11 is 5.89. The van der Waals surface area contributed by atoms with E-state index in [2.05, 4.69) is 10.1 Å². The number of hydrogen-bond acceptors (Lipinski definition) is 6. The van der Waals surface area contributed by atoms with E-state index in [9.17, 15) is 9.59 Å². The topological polar surface area (TPSA) is 111 Å². The molecule has 7 nitrogen and oxygen atoms in total. The highest BCUT2D eigenvalue weighted by Crippen LogP contribution is 2.17. The largest absolute Gasteiger partial charge is 0.388 e. The number of aromatic nitrogens is 3. The summed E-state index contributed by atoms with van der Waals surface area (Å²) in [6.45, 7) is -0.760. The van der Waals surface area contributed by atoms with Crippen molar-refractivity contribution in [2.45, 2.75) is 0 Å². The van der Waals surface area contributed by atoms with Gasteiger partial charge in [0, 0.05) is 0 Å². The molecule has 0 unspecified atom stereocenters. The number of aliphatic hydroxyl groups excluding tert-OH is 1. The van der Waals surface area contributed by atoms with Crippen molar-refractivity contribution in [3.05, 3.63) is 40.7 Å². The molecule has 1 aromatic carbocycles. The first-order chi connectivity index (χ1) is 9.04. The number of aliphatic hydroxyl groups is 1. The minimum atomic E-state index is -0.760. The molecule has 0 atom stereocenters. The lowest BCUT2D eigenvalue weighted by Crippen LogP contribution is -2.17. The normalized spacial score (nSPS) is 10.4. The highest BCUT2D eigenvalue weighted by molar-refractivity contribution is 6.33. The summed E-state index contributed by atoms with van der Waals surface area (Å²) in [6.07, 6.45) is 0. The highest BCUT2D eigenvalue weighted by Gasteiger charge is 2.20. The average molecular weight is 281 g/mol. The minimum Gasteiger partial charge on any atom is -0.388 e. The maximum absolute atomic E-state index is 12.1. The van der Waals surface area contributed by atoms with Crippen molar-refractivity contribution in [2.24, 2.45) is 0 Å². The van der Waals surface area contributed by atoms with E-state index in [-0.39, 0.29) is 22.4 Å². The lowest BCUT2D eigenvalue weighted by molar-refractivity contribution is 0.0891. The third-order valence-electron chi connectivity index (χ3n) is 2.32. The molecule has 2 rings (SSSR count). The van der Waals surface area contributed by atoms with Gasteiger partial charge in [-0.25, -0.2) is 0 Å². The first-order valence-electron chi connectivity index (χ1n) is 5.20. The van der Waals surface area contributed by atoms with Gasteiger partial charge in [-0.3, -0.25) is 9.59 Å². The molecule has 8 heteroatoms. The molecule has 0 bridgehead atoms. The zero-order valence-electron chi connectivity index (χ0n) is 9.58. The van der Waals surface area contributed by atoms with Gasteiger partial charge < -0.3 is 10.8 Å². The molecule has 19 heavy (non-hydrogen) atoms. The van der Waals surface area contributed by atoms with Gasteiger partial charge in [0.05, 0.1) is 10.6 Å². The second kappa shape index (κ2) is 5.17. The molecule has 0 aliphatic carbocycles. The Morgan fingerprint density at radius 2 is 2.05 bits per heavy atom. The zero-order valence-corrected chi connectivity index (χ0v) is 10.3.